The van der Waals surface area contributed by atoms with Crippen LogP contribution in [-0.2, 0) is 0 Å². The van der Waals surface area contributed by atoms with Gasteiger partial charge in [-0.05, 0) is 30.4 Å². The first kappa shape index (κ1) is 10.2. The maximum absolute atomic E-state index is 4.14. The van der Waals surface area contributed by atoms with Crippen LogP contribution in [-0.4, -0.2) is 11.2 Å². The number of pyridine rings is 1. The molecule has 0 unspecified atom stereocenters. The molecule has 0 spiro atoms. The summed E-state index contributed by atoms with van der Waals surface area (Å²) in [5.74, 6) is 0. The first-order chi connectivity index (χ1) is 7.31. The van der Waals surface area contributed by atoms with E-state index in [4.69, 9.17) is 0 Å². The van der Waals surface area contributed by atoms with Gasteiger partial charge in [0.15, 0.2) is 0 Å². The quantitative estimate of drug-likeness (QED) is 0.707. The molecule has 15 heavy (non-hydrogen) atoms. The van der Waals surface area contributed by atoms with Crippen LogP contribution in [0, 0.1) is 6.92 Å². The summed E-state index contributed by atoms with van der Waals surface area (Å²) in [6, 6.07) is 10.7. The zero-order chi connectivity index (χ0) is 10.7. The molecule has 2 heteroatoms. The van der Waals surface area contributed by atoms with E-state index < -0.39 is 0 Å². The van der Waals surface area contributed by atoms with Crippen molar-refractivity contribution in [3.63, 3.8) is 0 Å². The number of hydrogen-bond acceptors (Lipinski definition) is 2. The van der Waals surface area contributed by atoms with Gasteiger partial charge in [-0.25, -0.2) is 0 Å². The fraction of sp³-hybridized carbons (Fsp3) is 0.154. The van der Waals surface area contributed by atoms with Gasteiger partial charge in [0.05, 0.1) is 0 Å². The lowest BCUT2D eigenvalue weighted by molar-refractivity contribution is 1.24. The predicted octanol–water partition coefficient (Wildman–Crippen LogP) is 3.78. The van der Waals surface area contributed by atoms with Crippen molar-refractivity contribution in [2.45, 2.75) is 11.8 Å². The molecule has 2 aromatic rings. The van der Waals surface area contributed by atoms with Gasteiger partial charge >= 0.3 is 0 Å². The SMILES string of the molecule is CSc1cnccc1-c1ccc(C)cc1. The molecule has 0 aliphatic heterocycles. The molecule has 76 valence electrons. The molecule has 2 rings (SSSR count). The molecule has 0 saturated carbocycles. The normalized spacial score (nSPS) is 10.3. The minimum absolute atomic E-state index is 1.22. The van der Waals surface area contributed by atoms with E-state index in [-0.39, 0.29) is 0 Å². The fourth-order valence-corrected chi connectivity index (χ4v) is 2.09. The molecule has 0 N–H and O–H groups in total. The van der Waals surface area contributed by atoms with Gasteiger partial charge in [-0.15, -0.1) is 11.8 Å². The summed E-state index contributed by atoms with van der Waals surface area (Å²) in [4.78, 5) is 5.36. The van der Waals surface area contributed by atoms with Crippen LogP contribution in [0.1, 0.15) is 5.56 Å². The van der Waals surface area contributed by atoms with Crippen LogP contribution in [0.25, 0.3) is 11.1 Å². The molecule has 0 aliphatic carbocycles. The standard InChI is InChI=1S/C13H13NS/c1-10-3-5-11(6-4-10)12-7-8-14-9-13(12)15-2/h3-9H,1-2H3. The van der Waals surface area contributed by atoms with Crippen molar-refractivity contribution >= 4 is 11.8 Å². The van der Waals surface area contributed by atoms with Crippen molar-refractivity contribution in [3.05, 3.63) is 48.3 Å². The number of aryl methyl sites for hydroxylation is 1. The van der Waals surface area contributed by atoms with Crippen LogP contribution >= 0.6 is 11.8 Å². The molecule has 0 saturated heterocycles. The minimum atomic E-state index is 1.22. The van der Waals surface area contributed by atoms with E-state index in [1.807, 2.05) is 12.4 Å². The summed E-state index contributed by atoms with van der Waals surface area (Å²) < 4.78 is 0. The Morgan fingerprint density at radius 1 is 1.07 bits per heavy atom. The van der Waals surface area contributed by atoms with Gasteiger partial charge in [-0.1, -0.05) is 29.8 Å². The second-order valence-electron chi connectivity index (χ2n) is 3.44. The molecule has 0 atom stereocenters. The number of benzene rings is 1. The van der Waals surface area contributed by atoms with Crippen molar-refractivity contribution in [1.82, 2.24) is 4.98 Å². The maximum atomic E-state index is 4.14. The average molecular weight is 215 g/mol. The number of thioether (sulfide) groups is 1. The van der Waals surface area contributed by atoms with E-state index in [0.717, 1.165) is 0 Å². The van der Waals surface area contributed by atoms with Crippen molar-refractivity contribution in [1.29, 1.82) is 0 Å². The second-order valence-corrected chi connectivity index (χ2v) is 4.29. The third-order valence-electron chi connectivity index (χ3n) is 2.37. The molecule has 1 aromatic heterocycles. The van der Waals surface area contributed by atoms with Crippen LogP contribution in [0.3, 0.4) is 0 Å². The van der Waals surface area contributed by atoms with E-state index >= 15 is 0 Å². The number of aromatic nitrogens is 1. The third-order valence-corrected chi connectivity index (χ3v) is 3.13. The Morgan fingerprint density at radius 2 is 1.80 bits per heavy atom. The number of nitrogens with zero attached hydrogens (tertiary/aromatic N) is 1. The Hall–Kier alpha value is -1.28. The monoisotopic (exact) mass is 215 g/mol. The lowest BCUT2D eigenvalue weighted by atomic mass is 10.1. The fourth-order valence-electron chi connectivity index (χ4n) is 1.51. The number of hydrogen-bond donors (Lipinski definition) is 0. The number of rotatable bonds is 2. The topological polar surface area (TPSA) is 12.9 Å². The minimum Gasteiger partial charge on any atom is -0.264 e. The summed E-state index contributed by atoms with van der Waals surface area (Å²) in [5, 5.41) is 0. The summed E-state index contributed by atoms with van der Waals surface area (Å²) >= 11 is 1.73. The van der Waals surface area contributed by atoms with Crippen molar-refractivity contribution in [2.24, 2.45) is 0 Å². The molecule has 0 radical (unpaired) electrons. The highest BCUT2D eigenvalue weighted by molar-refractivity contribution is 7.98. The Labute approximate surface area is 94.6 Å². The van der Waals surface area contributed by atoms with Crippen LogP contribution in [0.5, 0.6) is 0 Å². The lowest BCUT2D eigenvalue weighted by Crippen LogP contribution is -1.83. The van der Waals surface area contributed by atoms with Crippen LogP contribution in [0.15, 0.2) is 47.6 Å². The molecular formula is C13H13NS. The van der Waals surface area contributed by atoms with Gasteiger partial charge in [0.2, 0.25) is 0 Å². The van der Waals surface area contributed by atoms with Gasteiger partial charge in [0.25, 0.3) is 0 Å². The smallest absolute Gasteiger partial charge is 0.0410 e. The molecular weight excluding hydrogens is 202 g/mol. The first-order valence-corrected chi connectivity index (χ1v) is 6.09. The average Bonchev–Trinajstić information content (AvgIpc) is 2.30. The zero-order valence-electron chi connectivity index (χ0n) is 8.90. The molecule has 1 nitrogen and oxygen atoms in total. The highest BCUT2D eigenvalue weighted by Crippen LogP contribution is 2.29. The van der Waals surface area contributed by atoms with Gasteiger partial charge in [-0.3, -0.25) is 4.98 Å². The summed E-state index contributed by atoms with van der Waals surface area (Å²) in [5.41, 5.74) is 3.81. The van der Waals surface area contributed by atoms with Crippen molar-refractivity contribution in [2.75, 3.05) is 6.26 Å². The highest BCUT2D eigenvalue weighted by Gasteiger charge is 2.02. The highest BCUT2D eigenvalue weighted by atomic mass is 32.2. The largest absolute Gasteiger partial charge is 0.264 e. The Kier molecular flexibility index (Phi) is 3.07. The van der Waals surface area contributed by atoms with Crippen LogP contribution in [0.2, 0.25) is 0 Å². The molecule has 0 amide bonds. The van der Waals surface area contributed by atoms with Gasteiger partial charge < -0.3 is 0 Å². The zero-order valence-corrected chi connectivity index (χ0v) is 9.71. The van der Waals surface area contributed by atoms with E-state index in [1.165, 1.54) is 21.6 Å². The van der Waals surface area contributed by atoms with Crippen LogP contribution in [0.4, 0.5) is 0 Å². The Morgan fingerprint density at radius 3 is 2.47 bits per heavy atom. The summed E-state index contributed by atoms with van der Waals surface area (Å²) in [7, 11) is 0. The van der Waals surface area contributed by atoms with E-state index in [0.29, 0.717) is 0 Å². The van der Waals surface area contributed by atoms with Crippen molar-refractivity contribution < 1.29 is 0 Å². The second kappa shape index (κ2) is 4.49. The van der Waals surface area contributed by atoms with Crippen molar-refractivity contribution in [3.8, 4) is 11.1 Å². The van der Waals surface area contributed by atoms with E-state index in [9.17, 15) is 0 Å². The predicted molar refractivity (Wildman–Crippen MR) is 66.2 cm³/mol. The maximum Gasteiger partial charge on any atom is 0.0410 e. The first-order valence-electron chi connectivity index (χ1n) is 4.86. The van der Waals surface area contributed by atoms with Crippen LogP contribution < -0.4 is 0 Å². The molecule has 1 aromatic carbocycles. The van der Waals surface area contributed by atoms with Gasteiger partial charge in [0, 0.05) is 17.3 Å². The lowest BCUT2D eigenvalue weighted by Gasteiger charge is -2.06. The molecule has 0 fully saturated rings. The molecule has 0 aliphatic rings. The van der Waals surface area contributed by atoms with E-state index in [2.05, 4.69) is 48.5 Å². The van der Waals surface area contributed by atoms with Gasteiger partial charge in [0.1, 0.15) is 0 Å². The Bertz CT molecular complexity index is 448. The summed E-state index contributed by atoms with van der Waals surface area (Å²) in [6.07, 6.45) is 5.84. The van der Waals surface area contributed by atoms with Gasteiger partial charge in [-0.2, -0.15) is 0 Å². The Balaban J connectivity index is 2.49. The van der Waals surface area contributed by atoms with E-state index in [1.54, 1.807) is 11.8 Å². The third kappa shape index (κ3) is 2.21. The molecule has 0 bridgehead atoms. The molecule has 1 heterocycles. The summed E-state index contributed by atoms with van der Waals surface area (Å²) in [6.45, 7) is 2.10.